The minimum absolute atomic E-state index is 0.0120. The molecule has 1 unspecified atom stereocenters. The van der Waals surface area contributed by atoms with Crippen LogP contribution in [0.4, 0.5) is 5.69 Å². The van der Waals surface area contributed by atoms with Crippen molar-refractivity contribution in [1.29, 1.82) is 0 Å². The lowest BCUT2D eigenvalue weighted by molar-refractivity contribution is -0.136. The lowest BCUT2D eigenvalue weighted by Crippen LogP contribution is -2.56. The molecule has 0 aromatic heterocycles. The van der Waals surface area contributed by atoms with E-state index in [4.69, 9.17) is 9.47 Å². The first-order valence-corrected chi connectivity index (χ1v) is 6.52. The van der Waals surface area contributed by atoms with Gasteiger partial charge >= 0.3 is 0 Å². The van der Waals surface area contributed by atoms with Gasteiger partial charge < -0.3 is 19.7 Å². The Morgan fingerprint density at radius 3 is 3.00 bits per heavy atom. The van der Waals surface area contributed by atoms with Crippen molar-refractivity contribution in [1.82, 2.24) is 5.32 Å². The Kier molecular flexibility index (Phi) is 3.16. The summed E-state index contributed by atoms with van der Waals surface area (Å²) in [7, 11) is 1.62. The van der Waals surface area contributed by atoms with Crippen LogP contribution in [0.3, 0.4) is 0 Å². The number of ether oxygens (including phenoxy) is 2. The molecule has 0 radical (unpaired) electrons. The largest absolute Gasteiger partial charge is 0.495 e. The van der Waals surface area contributed by atoms with Gasteiger partial charge in [-0.25, -0.2) is 0 Å². The average molecular weight is 262 g/mol. The van der Waals surface area contributed by atoms with Gasteiger partial charge in [0, 0.05) is 6.54 Å². The van der Waals surface area contributed by atoms with Crippen LogP contribution >= 0.6 is 0 Å². The van der Waals surface area contributed by atoms with E-state index < -0.39 is 0 Å². The Morgan fingerprint density at radius 1 is 1.42 bits per heavy atom. The van der Waals surface area contributed by atoms with Gasteiger partial charge in [-0.2, -0.15) is 0 Å². The number of nitrogens with one attached hydrogen (secondary N) is 1. The molecule has 1 aromatic rings. The number of nitrogens with zero attached hydrogens (tertiary/aromatic N) is 1. The highest BCUT2D eigenvalue weighted by Gasteiger charge is 2.43. The maximum absolute atomic E-state index is 12.1. The monoisotopic (exact) mass is 262 g/mol. The quantitative estimate of drug-likeness (QED) is 0.856. The molecule has 1 spiro atoms. The zero-order valence-corrected chi connectivity index (χ0v) is 11.0. The molecule has 5 heteroatoms. The second-order valence-electron chi connectivity index (χ2n) is 5.05. The predicted octanol–water partition coefficient (Wildman–Crippen LogP) is 0.790. The number of para-hydroxylation sites is 2. The molecule has 1 amide bonds. The van der Waals surface area contributed by atoms with Gasteiger partial charge in [0.15, 0.2) is 0 Å². The lowest BCUT2D eigenvalue weighted by Gasteiger charge is -2.39. The second-order valence-corrected chi connectivity index (χ2v) is 5.05. The zero-order valence-electron chi connectivity index (χ0n) is 11.0. The smallest absolute Gasteiger partial charge is 0.253 e. The van der Waals surface area contributed by atoms with Crippen molar-refractivity contribution in [2.75, 3.05) is 38.3 Å². The molecule has 3 rings (SSSR count). The van der Waals surface area contributed by atoms with Gasteiger partial charge in [-0.05, 0) is 25.1 Å². The minimum Gasteiger partial charge on any atom is -0.495 e. The van der Waals surface area contributed by atoms with E-state index in [0.717, 1.165) is 30.9 Å². The first-order chi connectivity index (χ1) is 9.24. The van der Waals surface area contributed by atoms with Crippen molar-refractivity contribution in [3.8, 4) is 5.75 Å². The number of morpholine rings is 1. The van der Waals surface area contributed by atoms with E-state index >= 15 is 0 Å². The van der Waals surface area contributed by atoms with Crippen molar-refractivity contribution in [3.05, 3.63) is 24.3 Å². The molecule has 5 nitrogen and oxygen atoms in total. The van der Waals surface area contributed by atoms with Crippen LogP contribution in [0.1, 0.15) is 6.42 Å². The fraction of sp³-hybridized carbons (Fsp3) is 0.500. The Hall–Kier alpha value is -1.59. The first kappa shape index (κ1) is 12.4. The number of rotatable bonds is 2. The summed E-state index contributed by atoms with van der Waals surface area (Å²) < 4.78 is 11.1. The molecule has 2 aliphatic heterocycles. The number of benzene rings is 1. The summed E-state index contributed by atoms with van der Waals surface area (Å²) in [6.45, 7) is 2.46. The van der Waals surface area contributed by atoms with Gasteiger partial charge in [-0.3, -0.25) is 4.79 Å². The summed E-state index contributed by atoms with van der Waals surface area (Å²) in [5.74, 6) is 0.709. The molecule has 19 heavy (non-hydrogen) atoms. The van der Waals surface area contributed by atoms with E-state index in [1.807, 2.05) is 24.3 Å². The number of carbonyl (C=O) groups excluding carboxylic acids is 1. The van der Waals surface area contributed by atoms with Crippen LogP contribution in [0.5, 0.6) is 5.75 Å². The molecule has 1 aromatic carbocycles. The topological polar surface area (TPSA) is 50.8 Å². The summed E-state index contributed by atoms with van der Waals surface area (Å²) in [6, 6.07) is 7.61. The van der Waals surface area contributed by atoms with E-state index in [1.54, 1.807) is 12.0 Å². The Bertz CT molecular complexity index is 483. The molecule has 2 aliphatic rings. The third kappa shape index (κ3) is 2.19. The van der Waals surface area contributed by atoms with Gasteiger partial charge in [0.25, 0.3) is 5.91 Å². The molecule has 2 heterocycles. The number of anilines is 1. The zero-order chi connectivity index (χ0) is 13.3. The Labute approximate surface area is 112 Å². The highest BCUT2D eigenvalue weighted by Crippen LogP contribution is 2.33. The maximum atomic E-state index is 12.1. The van der Waals surface area contributed by atoms with Gasteiger partial charge in [-0.15, -0.1) is 0 Å². The van der Waals surface area contributed by atoms with Crippen molar-refractivity contribution in [2.24, 2.45) is 0 Å². The van der Waals surface area contributed by atoms with Crippen LogP contribution in [-0.4, -0.2) is 44.9 Å². The molecule has 0 bridgehead atoms. The van der Waals surface area contributed by atoms with Gasteiger partial charge in [0.05, 0.1) is 19.3 Å². The van der Waals surface area contributed by atoms with E-state index in [9.17, 15) is 4.79 Å². The fourth-order valence-electron chi connectivity index (χ4n) is 2.77. The predicted molar refractivity (Wildman–Crippen MR) is 71.5 cm³/mol. The molecular formula is C14H18N2O3. The minimum atomic E-state index is -0.241. The van der Waals surface area contributed by atoms with Crippen molar-refractivity contribution in [2.45, 2.75) is 12.0 Å². The standard InChI is InChI=1S/C14H18N2O3/c1-18-12-5-3-2-4-11(12)16-10-14(6-7-15-9-14)19-8-13(16)17/h2-5,15H,6-10H2,1H3. The number of carbonyl (C=O) groups is 1. The van der Waals surface area contributed by atoms with Crippen LogP contribution in [0.15, 0.2) is 24.3 Å². The van der Waals surface area contributed by atoms with Crippen LogP contribution in [0, 0.1) is 0 Å². The van der Waals surface area contributed by atoms with E-state index in [1.165, 1.54) is 0 Å². The third-order valence-corrected chi connectivity index (χ3v) is 3.83. The summed E-state index contributed by atoms with van der Waals surface area (Å²) in [4.78, 5) is 13.9. The number of amides is 1. The lowest BCUT2D eigenvalue weighted by atomic mass is 10.00. The van der Waals surface area contributed by atoms with Gasteiger partial charge in [0.1, 0.15) is 18.0 Å². The maximum Gasteiger partial charge on any atom is 0.253 e. The molecule has 1 atom stereocenters. The summed E-state index contributed by atoms with van der Waals surface area (Å²) in [5.41, 5.74) is 0.582. The van der Waals surface area contributed by atoms with Crippen LogP contribution < -0.4 is 15.0 Å². The van der Waals surface area contributed by atoms with E-state index in [-0.39, 0.29) is 18.1 Å². The average Bonchev–Trinajstić information content (AvgIpc) is 2.90. The molecular weight excluding hydrogens is 244 g/mol. The normalized spacial score (nSPS) is 27.0. The van der Waals surface area contributed by atoms with E-state index in [2.05, 4.69) is 5.32 Å². The fourth-order valence-corrected chi connectivity index (χ4v) is 2.77. The summed E-state index contributed by atoms with van der Waals surface area (Å²) >= 11 is 0. The third-order valence-electron chi connectivity index (χ3n) is 3.83. The SMILES string of the molecule is COc1ccccc1N1CC2(CCNC2)OCC1=O. The summed E-state index contributed by atoms with van der Waals surface area (Å²) in [5, 5.41) is 3.30. The number of hydrogen-bond acceptors (Lipinski definition) is 4. The highest BCUT2D eigenvalue weighted by molar-refractivity contribution is 5.96. The van der Waals surface area contributed by atoms with Crippen molar-refractivity contribution >= 4 is 11.6 Å². The van der Waals surface area contributed by atoms with Gasteiger partial charge in [-0.1, -0.05) is 12.1 Å². The van der Waals surface area contributed by atoms with Crippen molar-refractivity contribution < 1.29 is 14.3 Å². The van der Waals surface area contributed by atoms with Crippen molar-refractivity contribution in [3.63, 3.8) is 0 Å². The van der Waals surface area contributed by atoms with Gasteiger partial charge in [0.2, 0.25) is 0 Å². The Balaban J connectivity index is 1.91. The highest BCUT2D eigenvalue weighted by atomic mass is 16.5. The van der Waals surface area contributed by atoms with Crippen LogP contribution in [0.25, 0.3) is 0 Å². The van der Waals surface area contributed by atoms with E-state index in [0.29, 0.717) is 6.54 Å². The molecule has 2 saturated heterocycles. The first-order valence-electron chi connectivity index (χ1n) is 6.52. The number of hydrogen-bond donors (Lipinski definition) is 1. The molecule has 0 aliphatic carbocycles. The molecule has 2 fully saturated rings. The second kappa shape index (κ2) is 4.83. The molecule has 1 N–H and O–H groups in total. The Morgan fingerprint density at radius 2 is 2.26 bits per heavy atom. The summed E-state index contributed by atoms with van der Waals surface area (Å²) in [6.07, 6.45) is 0.936. The van der Waals surface area contributed by atoms with Crippen LogP contribution in [-0.2, 0) is 9.53 Å². The molecule has 0 saturated carbocycles. The number of methoxy groups -OCH3 is 1. The van der Waals surface area contributed by atoms with Crippen LogP contribution in [0.2, 0.25) is 0 Å². The molecule has 102 valence electrons.